The molecule has 2 aliphatic rings. The maximum atomic E-state index is 7.60. The summed E-state index contributed by atoms with van der Waals surface area (Å²) in [6.45, 7) is 3.95. The molecule has 19 heavy (non-hydrogen) atoms. The lowest BCUT2D eigenvalue weighted by molar-refractivity contribution is -0.317. The van der Waals surface area contributed by atoms with Crippen LogP contribution in [0.4, 0.5) is 0 Å². The molecule has 2 aliphatic heterocycles. The second kappa shape index (κ2) is 5.30. The van der Waals surface area contributed by atoms with Crippen molar-refractivity contribution in [2.45, 2.75) is 41.7 Å². The predicted molar refractivity (Wildman–Crippen MR) is 71.8 cm³/mol. The number of nitrogens with one attached hydrogen (secondary N) is 1. The van der Waals surface area contributed by atoms with Crippen molar-refractivity contribution in [3.8, 4) is 0 Å². The number of hydrogen-bond donors (Lipinski definition) is 1. The van der Waals surface area contributed by atoms with E-state index in [9.17, 15) is 0 Å². The van der Waals surface area contributed by atoms with Crippen molar-refractivity contribution in [1.29, 1.82) is 5.41 Å². The summed E-state index contributed by atoms with van der Waals surface area (Å²) in [5.74, 6) is -1.21. The van der Waals surface area contributed by atoms with Crippen molar-refractivity contribution in [1.82, 2.24) is 0 Å². The molecule has 0 saturated carbocycles. The maximum Gasteiger partial charge on any atom is 0.265 e. The van der Waals surface area contributed by atoms with E-state index in [1.54, 1.807) is 19.9 Å². The molecule has 0 spiro atoms. The average molecular weight is 331 g/mol. The summed E-state index contributed by atoms with van der Waals surface area (Å²) in [5.41, 5.74) is 0. The fraction of sp³-hybridized carbons (Fsp3) is 0.727. The Morgan fingerprint density at radius 3 is 2.74 bits per heavy atom. The monoisotopic (exact) mass is 329 g/mol. The topological polar surface area (TPSA) is 60.8 Å². The van der Waals surface area contributed by atoms with E-state index >= 15 is 0 Å². The van der Waals surface area contributed by atoms with Gasteiger partial charge in [-0.1, -0.05) is 34.8 Å². The lowest BCUT2D eigenvalue weighted by Gasteiger charge is -2.44. The van der Waals surface area contributed by atoms with Gasteiger partial charge in [0, 0.05) is 0 Å². The largest absolute Gasteiger partial charge is 0.493 e. The van der Waals surface area contributed by atoms with Crippen molar-refractivity contribution < 1.29 is 18.9 Å². The highest BCUT2D eigenvalue weighted by Gasteiger charge is 2.45. The molecule has 0 aromatic rings. The minimum atomic E-state index is -1.90. The molecule has 3 atom stereocenters. The Balaban J connectivity index is 2.09. The van der Waals surface area contributed by atoms with Crippen molar-refractivity contribution in [2.24, 2.45) is 0 Å². The van der Waals surface area contributed by atoms with Crippen LogP contribution < -0.4 is 0 Å². The van der Waals surface area contributed by atoms with Gasteiger partial charge in [0.15, 0.2) is 18.0 Å². The summed E-state index contributed by atoms with van der Waals surface area (Å²) in [5, 5.41) is 7.60. The zero-order valence-electron chi connectivity index (χ0n) is 10.4. The molecule has 2 heterocycles. The van der Waals surface area contributed by atoms with E-state index in [1.807, 2.05) is 0 Å². The summed E-state index contributed by atoms with van der Waals surface area (Å²) < 4.78 is 20.1. The predicted octanol–water partition coefficient (Wildman–Crippen LogP) is 2.78. The molecule has 0 aromatic carbocycles. The van der Waals surface area contributed by atoms with Crippen LogP contribution in [0.3, 0.4) is 0 Å². The Hall–Kier alpha value is -0.200. The van der Waals surface area contributed by atoms with Crippen LogP contribution in [0.1, 0.15) is 13.8 Å². The third kappa shape index (κ3) is 3.67. The Morgan fingerprint density at radius 1 is 1.42 bits per heavy atom. The van der Waals surface area contributed by atoms with Crippen LogP contribution in [0.25, 0.3) is 0 Å². The van der Waals surface area contributed by atoms with Gasteiger partial charge < -0.3 is 18.9 Å². The van der Waals surface area contributed by atoms with Gasteiger partial charge in [-0.15, -0.1) is 0 Å². The van der Waals surface area contributed by atoms with Crippen LogP contribution in [0.2, 0.25) is 0 Å². The lowest BCUT2D eigenvalue weighted by atomic mass is 10.0. The number of fused-ring (bicyclic) bond motifs is 1. The van der Waals surface area contributed by atoms with Gasteiger partial charge in [0.05, 0.1) is 12.9 Å². The molecule has 1 N–H and O–H groups in total. The highest BCUT2D eigenvalue weighted by atomic mass is 35.6. The van der Waals surface area contributed by atoms with Gasteiger partial charge in [-0.2, -0.15) is 0 Å². The van der Waals surface area contributed by atoms with Crippen LogP contribution in [0, 0.1) is 5.41 Å². The smallest absolute Gasteiger partial charge is 0.265 e. The molecule has 0 unspecified atom stereocenters. The fourth-order valence-electron chi connectivity index (χ4n) is 1.85. The van der Waals surface area contributed by atoms with E-state index < -0.39 is 27.7 Å². The molecule has 2 rings (SSSR count). The SMILES string of the molecule is CC1(C)OC[C@H]2OC=C[C@@H](OC(=N)C(Cl)(Cl)Cl)[C@@H]2O1. The summed E-state index contributed by atoms with van der Waals surface area (Å²) in [4.78, 5) is 0. The minimum Gasteiger partial charge on any atom is -0.493 e. The first-order valence-corrected chi connectivity index (χ1v) is 6.79. The van der Waals surface area contributed by atoms with Crippen molar-refractivity contribution >= 4 is 40.7 Å². The fourth-order valence-corrected chi connectivity index (χ4v) is 1.99. The average Bonchev–Trinajstić information content (AvgIpc) is 2.27. The molecular weight excluding hydrogens is 316 g/mol. The van der Waals surface area contributed by atoms with Crippen LogP contribution in [-0.4, -0.2) is 40.4 Å². The first-order chi connectivity index (χ1) is 8.69. The normalized spacial score (nSPS) is 33.2. The van der Waals surface area contributed by atoms with E-state index in [1.165, 1.54) is 6.26 Å². The van der Waals surface area contributed by atoms with Gasteiger partial charge in [0.25, 0.3) is 3.79 Å². The molecular formula is C11H14Cl3NO4. The number of alkyl halides is 3. The molecule has 8 heteroatoms. The minimum absolute atomic E-state index is 0.314. The summed E-state index contributed by atoms with van der Waals surface area (Å²) >= 11 is 16.8. The number of hydrogen-bond acceptors (Lipinski definition) is 5. The van der Waals surface area contributed by atoms with Crippen LogP contribution >= 0.6 is 34.8 Å². The lowest BCUT2D eigenvalue weighted by Crippen LogP contribution is -2.56. The second-order valence-electron chi connectivity index (χ2n) is 4.71. The molecule has 1 saturated heterocycles. The van der Waals surface area contributed by atoms with Crippen LogP contribution in [0.15, 0.2) is 12.3 Å². The van der Waals surface area contributed by atoms with Gasteiger partial charge in [-0.25, -0.2) is 0 Å². The van der Waals surface area contributed by atoms with E-state index in [-0.39, 0.29) is 6.10 Å². The Bertz CT molecular complexity index is 394. The van der Waals surface area contributed by atoms with E-state index in [2.05, 4.69) is 0 Å². The maximum absolute atomic E-state index is 7.60. The number of rotatable bonds is 1. The molecule has 0 bridgehead atoms. The quantitative estimate of drug-likeness (QED) is 0.456. The number of ether oxygens (including phenoxy) is 4. The Morgan fingerprint density at radius 2 is 2.11 bits per heavy atom. The summed E-state index contributed by atoms with van der Waals surface area (Å²) in [6.07, 6.45) is 1.79. The molecule has 0 radical (unpaired) electrons. The highest BCUT2D eigenvalue weighted by Crippen LogP contribution is 2.33. The van der Waals surface area contributed by atoms with Crippen molar-refractivity contribution in [3.05, 3.63) is 12.3 Å². The Kier molecular flexibility index (Phi) is 4.23. The summed E-state index contributed by atoms with van der Waals surface area (Å²) in [7, 11) is 0. The highest BCUT2D eigenvalue weighted by molar-refractivity contribution is 6.76. The molecule has 108 valence electrons. The third-order valence-electron chi connectivity index (χ3n) is 2.74. The van der Waals surface area contributed by atoms with Gasteiger partial charge >= 0.3 is 0 Å². The van der Waals surface area contributed by atoms with E-state index in [4.69, 9.17) is 59.2 Å². The summed E-state index contributed by atoms with van der Waals surface area (Å²) in [6, 6.07) is 0. The molecule has 0 aliphatic carbocycles. The zero-order chi connectivity index (χ0) is 14.3. The van der Waals surface area contributed by atoms with Crippen molar-refractivity contribution in [2.75, 3.05) is 6.61 Å². The molecule has 0 amide bonds. The van der Waals surface area contributed by atoms with Crippen LogP contribution in [0.5, 0.6) is 0 Å². The molecule has 1 fully saturated rings. The van der Waals surface area contributed by atoms with Crippen LogP contribution in [-0.2, 0) is 18.9 Å². The third-order valence-corrected chi connectivity index (χ3v) is 3.25. The Labute approximate surface area is 126 Å². The van der Waals surface area contributed by atoms with Gasteiger partial charge in [-0.3, -0.25) is 5.41 Å². The van der Waals surface area contributed by atoms with Gasteiger partial charge in [0.1, 0.15) is 6.10 Å². The standard InChI is InChI=1S/C11H14Cl3NO4/c1-10(2)17-5-7-8(19-10)6(3-4-16-7)18-9(15)11(12,13)14/h3-4,6-8,15H,5H2,1-2H3/t6-,7-,8+/m1/s1. The second-order valence-corrected chi connectivity index (χ2v) is 6.99. The molecule has 0 aromatic heterocycles. The first kappa shape index (κ1) is 15.2. The first-order valence-electron chi connectivity index (χ1n) is 5.65. The van der Waals surface area contributed by atoms with E-state index in [0.717, 1.165) is 0 Å². The number of halogens is 3. The van der Waals surface area contributed by atoms with Crippen molar-refractivity contribution in [3.63, 3.8) is 0 Å². The zero-order valence-corrected chi connectivity index (χ0v) is 12.6. The van der Waals surface area contributed by atoms with Gasteiger partial charge in [0.2, 0.25) is 5.90 Å². The van der Waals surface area contributed by atoms with E-state index in [0.29, 0.717) is 6.61 Å². The van der Waals surface area contributed by atoms with Gasteiger partial charge in [-0.05, 0) is 19.9 Å². The molecule has 5 nitrogen and oxygen atoms in total.